The van der Waals surface area contributed by atoms with E-state index in [9.17, 15) is 49.5 Å². The molecule has 9 N–H and O–H groups in total. The van der Waals surface area contributed by atoms with Crippen LogP contribution in [-0.4, -0.2) is 110 Å². The number of hydrogen-bond donors (Lipinski definition) is 8. The van der Waals surface area contributed by atoms with Crippen LogP contribution < -0.4 is 16.6 Å². The number of nitrogens with two attached hydrogens (primary N) is 1. The molecule has 0 saturated carbocycles. The number of hydrazine groups is 2. The second-order valence-electron chi connectivity index (χ2n) is 10.8. The zero-order chi connectivity index (χ0) is 36.7. The molecule has 0 aliphatic carbocycles. The van der Waals surface area contributed by atoms with Crippen LogP contribution in [0, 0.1) is 0 Å². The number of aromatic carboxylic acids is 1. The lowest BCUT2D eigenvalue weighted by Gasteiger charge is -2.49. The molecule has 0 unspecified atom stereocenters. The number of thiazole rings is 1. The van der Waals surface area contributed by atoms with Gasteiger partial charge in [0.2, 0.25) is 0 Å². The molecule has 6 rings (SSSR count). The first-order valence-electron chi connectivity index (χ1n) is 14.3. The molecule has 0 radical (unpaired) electrons. The molecule has 0 spiro atoms. The highest BCUT2D eigenvalue weighted by Gasteiger charge is 2.54. The molecule has 23 heteroatoms. The molecule has 0 bridgehead atoms. The summed E-state index contributed by atoms with van der Waals surface area (Å²) < 4.78 is 0. The summed E-state index contributed by atoms with van der Waals surface area (Å²) in [7, 11) is 0. The van der Waals surface area contributed by atoms with Crippen molar-refractivity contribution in [2.75, 3.05) is 17.2 Å². The summed E-state index contributed by atoms with van der Waals surface area (Å²) in [5.41, 5.74) is 8.29. The third-order valence-corrected chi connectivity index (χ3v) is 10.5. The minimum atomic E-state index is -1.51. The van der Waals surface area contributed by atoms with E-state index in [-0.39, 0.29) is 33.6 Å². The number of amides is 3. The van der Waals surface area contributed by atoms with Gasteiger partial charge >= 0.3 is 18.0 Å². The molecule has 51 heavy (non-hydrogen) atoms. The predicted molar refractivity (Wildman–Crippen MR) is 181 cm³/mol. The standard InChI is InChI=1S/C28H25N9O11S3/c1-10-2-17(37-16(30-10)5-35(34-37)28(46)47)49-7-12-8-50-24-19(23(41)36(24)20(12)26(44)45)32-22(40)18(14-9-51-27(29)31-14)33-48-6-11-3-13(25(42)43)21(39)15(38)4-11/h2-5,9,19,24,34,38-39H,6-8H2,1H3,(H2,29,31)(H,32,40)(H,42,43)(H,44,45)(H,46,47)/t19-,24-/m1/s1. The van der Waals surface area contributed by atoms with Crippen LogP contribution in [0.2, 0.25) is 0 Å². The van der Waals surface area contributed by atoms with Gasteiger partial charge in [0.25, 0.3) is 11.8 Å². The fourth-order valence-electron chi connectivity index (χ4n) is 5.12. The average molecular weight is 760 g/mol. The van der Waals surface area contributed by atoms with Gasteiger partial charge in [-0.2, -0.15) is 5.01 Å². The Hall–Kier alpha value is -5.78. The summed E-state index contributed by atoms with van der Waals surface area (Å²) >= 11 is 3.43. The van der Waals surface area contributed by atoms with Gasteiger partial charge in [-0.25, -0.2) is 29.4 Å². The Bertz CT molecular complexity index is 2040. The number of phenolic OH excluding ortho intramolecular Hbond substituents is 1. The Balaban J connectivity index is 1.16. The Morgan fingerprint density at radius 2 is 1.96 bits per heavy atom. The molecule has 2 atom stereocenters. The summed E-state index contributed by atoms with van der Waals surface area (Å²) in [4.78, 5) is 76.8. The van der Waals surface area contributed by atoms with Gasteiger partial charge in [0, 0.05) is 22.6 Å². The number of nitrogens with one attached hydrogen (secondary N) is 2. The number of β-lactam (4-membered cyclic amide) rings is 1. The van der Waals surface area contributed by atoms with Gasteiger partial charge in [-0.15, -0.1) is 40.4 Å². The number of oxime groups is 1. The van der Waals surface area contributed by atoms with Crippen LogP contribution in [0.15, 0.2) is 62.1 Å². The monoisotopic (exact) mass is 759 g/mol. The summed E-state index contributed by atoms with van der Waals surface area (Å²) in [6.07, 6.45) is 1.73. The Morgan fingerprint density at radius 1 is 1.20 bits per heavy atom. The van der Waals surface area contributed by atoms with Crippen LogP contribution in [0.5, 0.6) is 11.5 Å². The molecule has 1 aromatic heterocycles. The lowest BCUT2D eigenvalue weighted by atomic mass is 10.0. The second-order valence-corrected chi connectivity index (χ2v) is 13.8. The number of thioether (sulfide) groups is 2. The summed E-state index contributed by atoms with van der Waals surface area (Å²) in [6.45, 7) is 1.28. The molecule has 1 saturated heterocycles. The molecule has 266 valence electrons. The Kier molecular flexibility index (Phi) is 9.52. The highest BCUT2D eigenvalue weighted by atomic mass is 32.2. The van der Waals surface area contributed by atoms with Crippen LogP contribution in [0.4, 0.5) is 9.93 Å². The Labute approximate surface area is 298 Å². The minimum absolute atomic E-state index is 0.00518. The van der Waals surface area contributed by atoms with Crippen molar-refractivity contribution < 1.29 is 54.3 Å². The van der Waals surface area contributed by atoms with Crippen molar-refractivity contribution in [3.63, 3.8) is 0 Å². The fourth-order valence-corrected chi connectivity index (χ4v) is 8.22. The number of allylic oxidation sites excluding steroid dienone is 1. The van der Waals surface area contributed by atoms with E-state index in [2.05, 4.69) is 26.0 Å². The maximum absolute atomic E-state index is 13.5. The number of carbonyl (C=O) groups excluding carboxylic acids is 2. The summed E-state index contributed by atoms with van der Waals surface area (Å²) in [5.74, 6) is -5.35. The van der Waals surface area contributed by atoms with Crippen LogP contribution in [-0.2, 0) is 25.8 Å². The predicted octanol–water partition coefficient (Wildman–Crippen LogP) is 1.06. The molecule has 1 aromatic carbocycles. The number of nitrogens with zero attached hydrogens (tertiary/aromatic N) is 6. The van der Waals surface area contributed by atoms with Gasteiger partial charge in [0.1, 0.15) is 35.0 Å². The van der Waals surface area contributed by atoms with E-state index in [1.54, 1.807) is 13.0 Å². The van der Waals surface area contributed by atoms with E-state index in [0.29, 0.717) is 22.1 Å². The lowest BCUT2D eigenvalue weighted by Crippen LogP contribution is -2.71. The third kappa shape index (κ3) is 6.86. The number of hydrogen-bond acceptors (Lipinski definition) is 17. The Morgan fingerprint density at radius 3 is 2.63 bits per heavy atom. The van der Waals surface area contributed by atoms with Crippen molar-refractivity contribution in [1.29, 1.82) is 0 Å². The maximum atomic E-state index is 13.5. The number of benzene rings is 1. The molecular weight excluding hydrogens is 735 g/mol. The molecule has 2 aromatic rings. The second kappa shape index (κ2) is 13.9. The van der Waals surface area contributed by atoms with Gasteiger partial charge < -0.3 is 41.4 Å². The molecule has 3 amide bonds. The van der Waals surface area contributed by atoms with E-state index in [1.807, 2.05) is 0 Å². The average Bonchev–Trinajstić information content (AvgIpc) is 3.71. The van der Waals surface area contributed by atoms with Gasteiger partial charge in [-0.1, -0.05) is 5.16 Å². The zero-order valence-corrected chi connectivity index (χ0v) is 28.3. The molecule has 4 aliphatic heterocycles. The number of aliphatic imine (C=N–C) groups is 1. The van der Waals surface area contributed by atoms with E-state index in [0.717, 1.165) is 33.4 Å². The van der Waals surface area contributed by atoms with Gasteiger partial charge in [-0.05, 0) is 36.3 Å². The maximum Gasteiger partial charge on any atom is 0.427 e. The third-order valence-electron chi connectivity index (χ3n) is 7.41. The number of rotatable bonds is 11. The van der Waals surface area contributed by atoms with E-state index >= 15 is 0 Å². The fraction of sp³-hybridized carbons (Fsp3) is 0.214. The number of aromatic nitrogens is 1. The summed E-state index contributed by atoms with van der Waals surface area (Å²) in [5, 5.41) is 58.3. The normalized spacial score (nSPS) is 19.8. The first-order valence-corrected chi connectivity index (χ1v) is 17.3. The smallest absolute Gasteiger partial charge is 0.427 e. The molecule has 20 nitrogen and oxygen atoms in total. The largest absolute Gasteiger partial charge is 0.504 e. The van der Waals surface area contributed by atoms with Crippen LogP contribution in [0.3, 0.4) is 0 Å². The quantitative estimate of drug-likeness (QED) is 0.0687. The van der Waals surface area contributed by atoms with E-state index < -0.39 is 70.6 Å². The van der Waals surface area contributed by atoms with Gasteiger partial charge in [0.15, 0.2) is 28.2 Å². The van der Waals surface area contributed by atoms with Crippen molar-refractivity contribution in [2.45, 2.75) is 24.9 Å². The van der Waals surface area contributed by atoms with Crippen molar-refractivity contribution in [2.24, 2.45) is 10.1 Å². The number of carboxylic acids is 2. The van der Waals surface area contributed by atoms with Crippen LogP contribution >= 0.6 is 34.9 Å². The van der Waals surface area contributed by atoms with Crippen LogP contribution in [0.25, 0.3) is 0 Å². The highest BCUT2D eigenvalue weighted by molar-refractivity contribution is 8.03. The van der Waals surface area contributed by atoms with Crippen molar-refractivity contribution in [3.05, 3.63) is 68.7 Å². The SMILES string of the molecule is CC1=NC2=CN(C(=O)O)NN2C(SCC2=C(C(=O)O)N3C(=O)[C@@H](NC(=O)C(=NOCc4cc(O)c(O)c(C(=O)O)c4)c4csc(N)n4)[C@H]3SC2)=C1. The topological polar surface area (TPSA) is 293 Å². The minimum Gasteiger partial charge on any atom is -0.504 e. The molecule has 4 aliphatic rings. The lowest BCUT2D eigenvalue weighted by molar-refractivity contribution is -0.150. The van der Waals surface area contributed by atoms with Crippen LogP contribution in [0.1, 0.15) is 28.5 Å². The summed E-state index contributed by atoms with van der Waals surface area (Å²) in [6, 6.07) is 0.941. The number of anilines is 1. The molecule has 1 fully saturated rings. The van der Waals surface area contributed by atoms with E-state index in [4.69, 9.17) is 10.6 Å². The van der Waals surface area contributed by atoms with Crippen molar-refractivity contribution >= 4 is 81.3 Å². The number of aromatic hydroxyl groups is 2. The van der Waals surface area contributed by atoms with Crippen molar-refractivity contribution in [1.82, 2.24) is 30.8 Å². The van der Waals surface area contributed by atoms with E-state index in [1.165, 1.54) is 40.1 Å². The van der Waals surface area contributed by atoms with Gasteiger partial charge in [0.05, 0.1) is 11.2 Å². The number of aliphatic carboxylic acids is 1. The zero-order valence-electron chi connectivity index (χ0n) is 25.8. The number of carbonyl (C=O) groups is 5. The number of carboxylic acid groups (broad SMARTS) is 3. The van der Waals surface area contributed by atoms with Gasteiger partial charge in [-0.3, -0.25) is 14.5 Å². The highest BCUT2D eigenvalue weighted by Crippen LogP contribution is 2.42. The number of fused-ring (bicyclic) bond motifs is 2. The number of nitrogen functional groups attached to an aromatic ring is 1. The number of phenols is 2. The first-order chi connectivity index (χ1) is 24.2. The first kappa shape index (κ1) is 35.1. The molecule has 5 heterocycles. The molecular formula is C28H25N9O11S3. The van der Waals surface area contributed by atoms with Crippen molar-refractivity contribution in [3.8, 4) is 11.5 Å².